The van der Waals surface area contributed by atoms with Gasteiger partial charge in [-0.3, -0.25) is 0 Å². The molecule has 106 valence electrons. The SMILES string of the molecule is CCOC(=O)c1oc2c(Cl)cccc2c1C(=O)OCC. The van der Waals surface area contributed by atoms with Crippen LogP contribution in [-0.4, -0.2) is 25.2 Å². The topological polar surface area (TPSA) is 65.7 Å². The fourth-order valence-corrected chi connectivity index (χ4v) is 2.04. The molecule has 0 atom stereocenters. The average Bonchev–Trinajstić information content (AvgIpc) is 2.80. The summed E-state index contributed by atoms with van der Waals surface area (Å²) in [6.45, 7) is 3.70. The summed E-state index contributed by atoms with van der Waals surface area (Å²) in [5.74, 6) is -1.55. The Kier molecular flexibility index (Phi) is 4.29. The Morgan fingerprint density at radius 3 is 2.45 bits per heavy atom. The highest BCUT2D eigenvalue weighted by Gasteiger charge is 2.28. The van der Waals surface area contributed by atoms with Gasteiger partial charge in [-0.25, -0.2) is 9.59 Å². The number of furan rings is 1. The molecule has 0 saturated heterocycles. The molecular formula is C14H13ClO5. The third-order valence-corrected chi connectivity index (χ3v) is 2.91. The van der Waals surface area contributed by atoms with Crippen molar-refractivity contribution in [3.63, 3.8) is 0 Å². The zero-order valence-electron chi connectivity index (χ0n) is 11.1. The number of hydrogen-bond acceptors (Lipinski definition) is 5. The third-order valence-electron chi connectivity index (χ3n) is 2.61. The van der Waals surface area contributed by atoms with Crippen LogP contribution in [0.5, 0.6) is 0 Å². The molecule has 0 radical (unpaired) electrons. The van der Waals surface area contributed by atoms with E-state index < -0.39 is 11.9 Å². The van der Waals surface area contributed by atoms with E-state index in [9.17, 15) is 9.59 Å². The molecule has 5 nitrogen and oxygen atoms in total. The summed E-state index contributed by atoms with van der Waals surface area (Å²) in [4.78, 5) is 23.9. The second kappa shape index (κ2) is 5.96. The highest BCUT2D eigenvalue weighted by Crippen LogP contribution is 2.32. The van der Waals surface area contributed by atoms with Gasteiger partial charge in [0.15, 0.2) is 5.58 Å². The molecule has 1 aromatic heterocycles. The number of fused-ring (bicyclic) bond motifs is 1. The van der Waals surface area contributed by atoms with Gasteiger partial charge in [-0.1, -0.05) is 23.7 Å². The molecule has 0 aliphatic heterocycles. The first kappa shape index (κ1) is 14.4. The molecule has 1 aromatic carbocycles. The fourth-order valence-electron chi connectivity index (χ4n) is 1.83. The van der Waals surface area contributed by atoms with Crippen LogP contribution in [-0.2, 0) is 9.47 Å². The quantitative estimate of drug-likeness (QED) is 0.809. The van der Waals surface area contributed by atoms with Crippen molar-refractivity contribution in [1.82, 2.24) is 0 Å². The van der Waals surface area contributed by atoms with Gasteiger partial charge < -0.3 is 13.9 Å². The van der Waals surface area contributed by atoms with E-state index in [0.29, 0.717) is 10.4 Å². The lowest BCUT2D eigenvalue weighted by atomic mass is 10.1. The highest BCUT2D eigenvalue weighted by molar-refractivity contribution is 6.35. The van der Waals surface area contributed by atoms with Gasteiger partial charge >= 0.3 is 11.9 Å². The number of hydrogen-bond donors (Lipinski definition) is 0. The van der Waals surface area contributed by atoms with Gasteiger partial charge in [-0.2, -0.15) is 0 Å². The van der Waals surface area contributed by atoms with Crippen LogP contribution in [0.25, 0.3) is 11.0 Å². The summed E-state index contributed by atoms with van der Waals surface area (Å²) in [6, 6.07) is 4.91. The number of rotatable bonds is 4. The van der Waals surface area contributed by atoms with E-state index >= 15 is 0 Å². The molecule has 0 spiro atoms. The van der Waals surface area contributed by atoms with Gasteiger partial charge in [-0.05, 0) is 19.9 Å². The first-order chi connectivity index (χ1) is 9.60. The zero-order valence-corrected chi connectivity index (χ0v) is 11.8. The minimum absolute atomic E-state index is 0.0443. The number of benzene rings is 1. The lowest BCUT2D eigenvalue weighted by Gasteiger charge is -2.02. The Morgan fingerprint density at radius 1 is 1.15 bits per heavy atom. The second-order valence-electron chi connectivity index (χ2n) is 3.86. The van der Waals surface area contributed by atoms with Gasteiger partial charge in [0.25, 0.3) is 0 Å². The maximum absolute atomic E-state index is 12.0. The maximum atomic E-state index is 12.0. The molecule has 6 heteroatoms. The smallest absolute Gasteiger partial charge is 0.375 e. The van der Waals surface area contributed by atoms with Gasteiger partial charge in [0, 0.05) is 5.39 Å². The molecule has 0 amide bonds. The Hall–Kier alpha value is -2.01. The van der Waals surface area contributed by atoms with Gasteiger partial charge in [0.1, 0.15) is 5.56 Å². The van der Waals surface area contributed by atoms with E-state index in [1.54, 1.807) is 32.0 Å². The summed E-state index contributed by atoms with van der Waals surface area (Å²) >= 11 is 6.01. The van der Waals surface area contributed by atoms with Gasteiger partial charge in [-0.15, -0.1) is 0 Å². The molecule has 0 aliphatic rings. The van der Waals surface area contributed by atoms with E-state index in [4.69, 9.17) is 25.5 Å². The summed E-state index contributed by atoms with van der Waals surface area (Å²) in [7, 11) is 0. The van der Waals surface area contributed by atoms with Crippen LogP contribution in [0.1, 0.15) is 34.8 Å². The third kappa shape index (κ3) is 2.49. The summed E-state index contributed by atoms with van der Waals surface area (Å²) in [5.41, 5.74) is 0.308. The lowest BCUT2D eigenvalue weighted by molar-refractivity contribution is 0.0454. The number of ether oxygens (including phenoxy) is 2. The number of para-hydroxylation sites is 1. The van der Waals surface area contributed by atoms with Crippen molar-refractivity contribution in [3.8, 4) is 0 Å². The molecule has 2 rings (SSSR count). The second-order valence-corrected chi connectivity index (χ2v) is 4.27. The van der Waals surface area contributed by atoms with E-state index in [0.717, 1.165) is 0 Å². The number of carbonyl (C=O) groups excluding carboxylic acids is 2. The van der Waals surface area contributed by atoms with Crippen molar-refractivity contribution >= 4 is 34.5 Å². The standard InChI is InChI=1S/C14H13ClO5/c1-3-18-13(16)10-8-6-5-7-9(15)11(8)20-12(10)14(17)19-4-2/h5-7H,3-4H2,1-2H3. The van der Waals surface area contributed by atoms with Crippen molar-refractivity contribution in [2.24, 2.45) is 0 Å². The largest absolute Gasteiger partial charge is 0.462 e. The zero-order chi connectivity index (χ0) is 14.7. The molecule has 0 fully saturated rings. The monoisotopic (exact) mass is 296 g/mol. The van der Waals surface area contributed by atoms with Crippen molar-refractivity contribution in [2.75, 3.05) is 13.2 Å². The number of halogens is 1. The van der Waals surface area contributed by atoms with E-state index in [-0.39, 0.29) is 30.1 Å². The predicted octanol–water partition coefficient (Wildman–Crippen LogP) is 3.44. The molecule has 0 N–H and O–H groups in total. The molecule has 1 heterocycles. The predicted molar refractivity (Wildman–Crippen MR) is 73.1 cm³/mol. The van der Waals surface area contributed by atoms with E-state index in [1.807, 2.05) is 0 Å². The summed E-state index contributed by atoms with van der Waals surface area (Å²) < 4.78 is 15.2. The molecule has 20 heavy (non-hydrogen) atoms. The first-order valence-corrected chi connectivity index (χ1v) is 6.53. The van der Waals surface area contributed by atoms with Crippen LogP contribution in [0.15, 0.2) is 22.6 Å². The first-order valence-electron chi connectivity index (χ1n) is 6.15. The number of carbonyl (C=O) groups is 2. The average molecular weight is 297 g/mol. The minimum atomic E-state index is -0.720. The highest BCUT2D eigenvalue weighted by atomic mass is 35.5. The molecule has 0 aliphatic carbocycles. The van der Waals surface area contributed by atoms with Crippen LogP contribution in [0, 0.1) is 0 Å². The molecule has 0 unspecified atom stereocenters. The Bertz CT molecular complexity index is 659. The lowest BCUT2D eigenvalue weighted by Crippen LogP contribution is -2.12. The van der Waals surface area contributed by atoms with Crippen LogP contribution >= 0.6 is 11.6 Å². The van der Waals surface area contributed by atoms with Crippen LogP contribution in [0.3, 0.4) is 0 Å². The summed E-state index contributed by atoms with van der Waals surface area (Å²) in [5, 5.41) is 0.739. The van der Waals surface area contributed by atoms with Gasteiger partial charge in [0.05, 0.1) is 18.2 Å². The molecule has 0 bridgehead atoms. The van der Waals surface area contributed by atoms with Gasteiger partial charge in [0.2, 0.25) is 5.76 Å². The Labute approximate surface area is 120 Å². The molecular weight excluding hydrogens is 284 g/mol. The van der Waals surface area contributed by atoms with Crippen LogP contribution in [0.4, 0.5) is 0 Å². The fraction of sp³-hybridized carbons (Fsp3) is 0.286. The molecule has 2 aromatic rings. The van der Waals surface area contributed by atoms with Crippen molar-refractivity contribution < 1.29 is 23.5 Å². The maximum Gasteiger partial charge on any atom is 0.375 e. The van der Waals surface area contributed by atoms with Crippen LogP contribution in [0.2, 0.25) is 5.02 Å². The van der Waals surface area contributed by atoms with Crippen molar-refractivity contribution in [1.29, 1.82) is 0 Å². The number of esters is 2. The van der Waals surface area contributed by atoms with Crippen LogP contribution < -0.4 is 0 Å². The molecule has 0 saturated carbocycles. The normalized spacial score (nSPS) is 10.6. The summed E-state index contributed by atoms with van der Waals surface area (Å²) in [6.07, 6.45) is 0. The Balaban J connectivity index is 2.66. The minimum Gasteiger partial charge on any atom is -0.462 e. The Morgan fingerprint density at radius 2 is 1.80 bits per heavy atom. The van der Waals surface area contributed by atoms with Crippen molar-refractivity contribution in [3.05, 3.63) is 34.5 Å². The van der Waals surface area contributed by atoms with Crippen molar-refractivity contribution in [2.45, 2.75) is 13.8 Å². The van der Waals surface area contributed by atoms with E-state index in [2.05, 4.69) is 0 Å². The van der Waals surface area contributed by atoms with E-state index in [1.165, 1.54) is 0 Å².